The third-order valence-electron chi connectivity index (χ3n) is 3.98. The first-order chi connectivity index (χ1) is 10.9. The number of nitrogens with two attached hydrogens (primary N) is 1. The molecule has 0 bridgehead atoms. The van der Waals surface area contributed by atoms with Gasteiger partial charge in [-0.25, -0.2) is 8.42 Å². The van der Waals surface area contributed by atoms with Gasteiger partial charge in [-0.3, -0.25) is 4.79 Å². The van der Waals surface area contributed by atoms with E-state index in [1.807, 2.05) is 6.92 Å². The molecule has 1 amide bonds. The van der Waals surface area contributed by atoms with Crippen molar-refractivity contribution in [1.29, 1.82) is 0 Å². The Balaban J connectivity index is 0.00000288. The summed E-state index contributed by atoms with van der Waals surface area (Å²) in [6.07, 6.45) is 1.33. The molecule has 0 saturated carbocycles. The van der Waals surface area contributed by atoms with Crippen molar-refractivity contribution in [2.24, 2.45) is 11.7 Å². The summed E-state index contributed by atoms with van der Waals surface area (Å²) in [5.41, 5.74) is 6.19. The van der Waals surface area contributed by atoms with Gasteiger partial charge in [0.25, 0.3) is 0 Å². The van der Waals surface area contributed by atoms with Gasteiger partial charge in [0.1, 0.15) is 0 Å². The molecule has 1 aliphatic rings. The van der Waals surface area contributed by atoms with Gasteiger partial charge >= 0.3 is 0 Å². The van der Waals surface area contributed by atoms with Crippen LogP contribution in [-0.2, 0) is 14.8 Å². The van der Waals surface area contributed by atoms with E-state index < -0.39 is 10.0 Å². The fourth-order valence-electron chi connectivity index (χ4n) is 2.60. The normalized spacial score (nSPS) is 18.7. The summed E-state index contributed by atoms with van der Waals surface area (Å²) in [6, 6.07) is 4.70. The number of hydrogen-bond donors (Lipinski definition) is 2. The molecule has 24 heavy (non-hydrogen) atoms. The molecule has 0 aliphatic carbocycles. The van der Waals surface area contributed by atoms with Crippen LogP contribution in [0.2, 0.25) is 5.02 Å². The number of rotatable bonds is 5. The second-order valence-electron chi connectivity index (χ2n) is 5.69. The van der Waals surface area contributed by atoms with E-state index in [1.54, 1.807) is 12.1 Å². The first-order valence-corrected chi connectivity index (χ1v) is 9.42. The predicted molar refractivity (Wildman–Crippen MR) is 97.0 cm³/mol. The number of carbonyl (C=O) groups excluding carboxylic acids is 1. The van der Waals surface area contributed by atoms with Crippen LogP contribution in [0.1, 0.15) is 18.4 Å². The Hall–Kier alpha value is -0.860. The summed E-state index contributed by atoms with van der Waals surface area (Å²) >= 11 is 6.04. The first-order valence-electron chi connectivity index (χ1n) is 7.60. The number of nitrogens with one attached hydrogen (secondary N) is 1. The highest BCUT2D eigenvalue weighted by Crippen LogP contribution is 2.26. The van der Waals surface area contributed by atoms with Crippen LogP contribution in [-0.4, -0.2) is 44.8 Å². The maximum Gasteiger partial charge on any atom is 0.243 e. The molecule has 0 spiro atoms. The molecule has 9 heteroatoms. The summed E-state index contributed by atoms with van der Waals surface area (Å²) in [7, 11) is -3.64. The lowest BCUT2D eigenvalue weighted by Crippen LogP contribution is -2.46. The third kappa shape index (κ3) is 4.83. The maximum atomic E-state index is 12.7. The van der Waals surface area contributed by atoms with Crippen LogP contribution in [0.25, 0.3) is 0 Å². The number of hydrogen-bond acceptors (Lipinski definition) is 4. The Labute approximate surface area is 154 Å². The number of aryl methyl sites for hydroxylation is 1. The summed E-state index contributed by atoms with van der Waals surface area (Å²) in [5.74, 6) is -0.483. The lowest BCUT2D eigenvalue weighted by atomic mass is 9.99. The summed E-state index contributed by atoms with van der Waals surface area (Å²) in [5, 5.41) is 3.14. The van der Waals surface area contributed by atoms with Crippen LogP contribution in [0.3, 0.4) is 0 Å². The van der Waals surface area contributed by atoms with Crippen LogP contribution in [0.5, 0.6) is 0 Å². The smallest absolute Gasteiger partial charge is 0.243 e. The van der Waals surface area contributed by atoms with Crippen molar-refractivity contribution < 1.29 is 13.2 Å². The van der Waals surface area contributed by atoms with E-state index in [2.05, 4.69) is 5.32 Å². The minimum atomic E-state index is -3.64. The second-order valence-corrected chi connectivity index (χ2v) is 8.04. The molecule has 1 heterocycles. The van der Waals surface area contributed by atoms with Gasteiger partial charge in [-0.15, -0.1) is 12.4 Å². The van der Waals surface area contributed by atoms with E-state index in [0.717, 1.165) is 5.56 Å². The van der Waals surface area contributed by atoms with Gasteiger partial charge in [0, 0.05) is 31.2 Å². The largest absolute Gasteiger partial charge is 0.355 e. The Bertz CT molecular complexity index is 683. The molecule has 1 aromatic carbocycles. The van der Waals surface area contributed by atoms with Crippen LogP contribution in [0.4, 0.5) is 0 Å². The molecule has 1 unspecified atom stereocenters. The van der Waals surface area contributed by atoms with Crippen molar-refractivity contribution in [2.45, 2.75) is 24.7 Å². The number of amides is 1. The average molecular weight is 396 g/mol. The maximum absolute atomic E-state index is 12.7. The zero-order chi connectivity index (χ0) is 17.0. The Morgan fingerprint density at radius 3 is 2.79 bits per heavy atom. The van der Waals surface area contributed by atoms with Crippen molar-refractivity contribution >= 4 is 39.9 Å². The van der Waals surface area contributed by atoms with E-state index in [-0.39, 0.29) is 35.7 Å². The van der Waals surface area contributed by atoms with E-state index in [0.29, 0.717) is 37.5 Å². The molecular formula is C15H23Cl2N3O3S. The van der Waals surface area contributed by atoms with Crippen molar-refractivity contribution in [3.63, 3.8) is 0 Å². The van der Waals surface area contributed by atoms with E-state index in [4.69, 9.17) is 17.3 Å². The lowest BCUT2D eigenvalue weighted by molar-refractivity contribution is -0.126. The van der Waals surface area contributed by atoms with Crippen LogP contribution >= 0.6 is 24.0 Å². The SMILES string of the molecule is Cc1ccc(S(=O)(=O)N2CCCC(C(=O)NCCN)C2)cc1Cl.Cl. The highest BCUT2D eigenvalue weighted by atomic mass is 35.5. The zero-order valence-corrected chi connectivity index (χ0v) is 15.9. The molecule has 1 aliphatic heterocycles. The van der Waals surface area contributed by atoms with Crippen molar-refractivity contribution in [2.75, 3.05) is 26.2 Å². The zero-order valence-electron chi connectivity index (χ0n) is 13.5. The molecule has 1 saturated heterocycles. The van der Waals surface area contributed by atoms with Gasteiger partial charge in [-0.05, 0) is 37.5 Å². The Morgan fingerprint density at radius 2 is 2.17 bits per heavy atom. The summed E-state index contributed by atoms with van der Waals surface area (Å²) in [4.78, 5) is 12.2. The van der Waals surface area contributed by atoms with E-state index in [9.17, 15) is 13.2 Å². The highest BCUT2D eigenvalue weighted by molar-refractivity contribution is 7.89. The monoisotopic (exact) mass is 395 g/mol. The standard InChI is InChI=1S/C15H22ClN3O3S.ClH/c1-11-4-5-13(9-14(11)16)23(21,22)19-8-2-3-12(10-19)15(20)18-7-6-17;/h4-5,9,12H,2-3,6-8,10,17H2,1H3,(H,18,20);1H. The molecule has 0 radical (unpaired) electrons. The minimum Gasteiger partial charge on any atom is -0.355 e. The molecular weight excluding hydrogens is 373 g/mol. The number of sulfonamides is 1. The number of carbonyl (C=O) groups is 1. The van der Waals surface area contributed by atoms with Gasteiger partial charge < -0.3 is 11.1 Å². The fourth-order valence-corrected chi connectivity index (χ4v) is 4.39. The molecule has 136 valence electrons. The minimum absolute atomic E-state index is 0. The quantitative estimate of drug-likeness (QED) is 0.790. The molecule has 3 N–H and O–H groups in total. The van der Waals surface area contributed by atoms with Crippen molar-refractivity contribution in [3.8, 4) is 0 Å². The average Bonchev–Trinajstić information content (AvgIpc) is 2.55. The second kappa shape index (κ2) is 9.01. The predicted octanol–water partition coefficient (Wildman–Crippen LogP) is 1.55. The van der Waals surface area contributed by atoms with Gasteiger partial charge in [-0.1, -0.05) is 17.7 Å². The Morgan fingerprint density at radius 1 is 1.46 bits per heavy atom. The third-order valence-corrected chi connectivity index (χ3v) is 6.25. The number of benzene rings is 1. The van der Waals surface area contributed by atoms with Crippen LogP contribution < -0.4 is 11.1 Å². The summed E-state index contributed by atoms with van der Waals surface area (Å²) in [6.45, 7) is 3.17. The number of piperidine rings is 1. The topological polar surface area (TPSA) is 92.5 Å². The van der Waals surface area contributed by atoms with Crippen molar-refractivity contribution in [1.82, 2.24) is 9.62 Å². The van der Waals surface area contributed by atoms with Crippen molar-refractivity contribution in [3.05, 3.63) is 28.8 Å². The molecule has 1 atom stereocenters. The van der Waals surface area contributed by atoms with Crippen LogP contribution in [0.15, 0.2) is 23.1 Å². The Kier molecular flexibility index (Phi) is 7.95. The van der Waals surface area contributed by atoms with Gasteiger partial charge in [0.15, 0.2) is 0 Å². The first kappa shape index (κ1) is 21.2. The van der Waals surface area contributed by atoms with Gasteiger partial charge in [0.2, 0.25) is 15.9 Å². The van der Waals surface area contributed by atoms with Gasteiger partial charge in [0.05, 0.1) is 10.8 Å². The highest BCUT2D eigenvalue weighted by Gasteiger charge is 2.33. The fraction of sp³-hybridized carbons (Fsp3) is 0.533. The molecule has 1 aromatic rings. The molecule has 1 fully saturated rings. The molecule has 6 nitrogen and oxygen atoms in total. The van der Waals surface area contributed by atoms with Crippen LogP contribution in [0, 0.1) is 12.8 Å². The molecule has 2 rings (SSSR count). The number of nitrogens with zero attached hydrogens (tertiary/aromatic N) is 1. The number of halogens is 2. The van der Waals surface area contributed by atoms with E-state index in [1.165, 1.54) is 10.4 Å². The van der Waals surface area contributed by atoms with Gasteiger partial charge in [-0.2, -0.15) is 4.31 Å². The lowest BCUT2D eigenvalue weighted by Gasteiger charge is -2.31. The molecule has 0 aromatic heterocycles. The summed E-state index contributed by atoms with van der Waals surface area (Å²) < 4.78 is 26.9. The van der Waals surface area contributed by atoms with E-state index >= 15 is 0 Å².